The fourth-order valence-corrected chi connectivity index (χ4v) is 14.9. The molecule has 139 heavy (non-hydrogen) atoms. The van der Waals surface area contributed by atoms with Gasteiger partial charge in [-0.15, -0.1) is 0 Å². The molecule has 9 amide bonds. The maximum Gasteiger partial charge on any atom is 0.303 e. The smallest absolute Gasteiger partial charge is 0.303 e. The first kappa shape index (κ1) is 117. The Morgan fingerprint density at radius 3 is 0.978 bits per heavy atom. The van der Waals surface area contributed by atoms with Gasteiger partial charge in [0, 0.05) is 233 Å². The average Bonchev–Trinajstić information content (AvgIpc) is 0.792. The summed E-state index contributed by atoms with van der Waals surface area (Å²) in [5.74, 6) is -11.6. The van der Waals surface area contributed by atoms with Gasteiger partial charge in [-0.3, -0.25) is 96.0 Å². The molecular formula is C87H136N16O36. The maximum absolute atomic E-state index is 13.8. The lowest BCUT2D eigenvalue weighted by Gasteiger charge is -2.44. The molecule has 11 N–H and O–H groups in total. The number of hydrogen-bond donors (Lipinski definition) is 11. The van der Waals surface area contributed by atoms with E-state index < -0.39 is 213 Å². The standard InChI is InChI=1S/C87H136N16O36/c1-50(105)95-73-79(134-59(10)114)76(131-56(7)111)63(47-128-53(4)108)137-82(73)125-43-16-13-22-66(117)88-30-19-33-91-69(120)27-36-94-85-98-86(100-87(99-85)103-41-39-101(40-42-103)62(46-104)25-26-72(123)124)102(37-28-70(121)92-34-20-31-89-67(118)23-14-17-44-126-83-74(96-51(2)106)80(135-60(11)115)77(132-57(8)112)64(138-83)48-129-54(5)109)38-29-71(122)93-35-21-32-90-68(119)24-15-18-45-127-84-75(97-52(3)107)81(136-61(12)116)78(133-58(9)113)65(139-84)49-130-55(6)110/h46,62-65,73-84H,13-45,47-49H2,1-12H3,(H,88,117)(H,89,118)(H,90,119)(H,91,120)(H,92,121)(H,93,122)(H,95,105)(H,96,106)(H,97,107)(H,123,124)(H,94,98,99,100)/t62?,63-,64-,65-,73-,74-,75-,76+,77+,78+,79-,80-,81-,82-,83-,84-/m1/s1. The minimum atomic E-state index is -1.33. The molecule has 0 aromatic carbocycles. The first-order chi connectivity index (χ1) is 66.1. The van der Waals surface area contributed by atoms with Crippen LogP contribution in [0.25, 0.3) is 0 Å². The number of aliphatic carboxylic acids is 1. The molecule has 4 aliphatic rings. The molecule has 4 fully saturated rings. The molecule has 4 aliphatic heterocycles. The van der Waals surface area contributed by atoms with Crippen LogP contribution < -0.4 is 63.0 Å². The van der Waals surface area contributed by atoms with E-state index in [0.29, 0.717) is 64.1 Å². The number of carboxylic acids is 1. The molecule has 1 aromatic heterocycles. The number of nitrogens with one attached hydrogen (secondary N) is 10. The summed E-state index contributed by atoms with van der Waals surface area (Å²) in [6, 6.07) is -4.26. The van der Waals surface area contributed by atoms with Crippen LogP contribution in [0.15, 0.2) is 0 Å². The highest BCUT2D eigenvalue weighted by molar-refractivity contribution is 5.80. The third-order valence-corrected chi connectivity index (χ3v) is 21.1. The Labute approximate surface area is 803 Å². The number of carboxylic acid groups (broad SMARTS) is 1. The van der Waals surface area contributed by atoms with Crippen molar-refractivity contribution < 1.29 is 172 Å². The zero-order valence-corrected chi connectivity index (χ0v) is 80.7. The number of piperazine rings is 1. The van der Waals surface area contributed by atoms with E-state index in [9.17, 15) is 101 Å². The summed E-state index contributed by atoms with van der Waals surface area (Å²) in [6.07, 6.45) is -12.4. The maximum atomic E-state index is 13.8. The fourth-order valence-electron chi connectivity index (χ4n) is 14.9. The van der Waals surface area contributed by atoms with E-state index in [0.717, 1.165) is 62.3 Å². The van der Waals surface area contributed by atoms with Crippen molar-refractivity contribution in [3.05, 3.63) is 0 Å². The highest BCUT2D eigenvalue weighted by Crippen LogP contribution is 2.33. The van der Waals surface area contributed by atoms with Crippen LogP contribution in [0.5, 0.6) is 0 Å². The first-order valence-electron chi connectivity index (χ1n) is 46.2. The molecule has 5 heterocycles. The van der Waals surface area contributed by atoms with Gasteiger partial charge < -0.3 is 144 Å². The van der Waals surface area contributed by atoms with Gasteiger partial charge in [0.05, 0.1) is 6.04 Å². The molecule has 52 nitrogen and oxygen atoms in total. The van der Waals surface area contributed by atoms with Crippen LogP contribution in [0.2, 0.25) is 0 Å². The minimum Gasteiger partial charge on any atom is -0.481 e. The molecule has 0 aliphatic carbocycles. The van der Waals surface area contributed by atoms with Gasteiger partial charge in [-0.25, -0.2) is 0 Å². The monoisotopic (exact) mass is 1980 g/mol. The lowest BCUT2D eigenvalue weighted by molar-refractivity contribution is -0.277. The van der Waals surface area contributed by atoms with Crippen molar-refractivity contribution in [3.63, 3.8) is 0 Å². The molecule has 1 unspecified atom stereocenters. The van der Waals surface area contributed by atoms with Gasteiger partial charge >= 0.3 is 59.7 Å². The van der Waals surface area contributed by atoms with Crippen molar-refractivity contribution in [1.82, 2.24) is 67.7 Å². The number of aldehydes is 1. The van der Waals surface area contributed by atoms with Gasteiger partial charge in [-0.2, -0.15) is 15.0 Å². The summed E-state index contributed by atoms with van der Waals surface area (Å²) in [5.41, 5.74) is 0. The number of unbranched alkanes of at least 4 members (excludes halogenated alkanes) is 3. The van der Waals surface area contributed by atoms with Crippen LogP contribution in [-0.2, 0) is 167 Å². The normalized spacial score (nSPS) is 21.8. The zero-order chi connectivity index (χ0) is 103. The Bertz CT molecular complexity index is 4100. The van der Waals surface area contributed by atoms with Gasteiger partial charge in [0.2, 0.25) is 71.0 Å². The van der Waals surface area contributed by atoms with Crippen molar-refractivity contribution in [3.8, 4) is 0 Å². The molecule has 0 spiro atoms. The van der Waals surface area contributed by atoms with Gasteiger partial charge in [0.15, 0.2) is 55.5 Å². The van der Waals surface area contributed by atoms with Gasteiger partial charge in [-0.05, 0) is 64.2 Å². The number of carbonyl (C=O) groups excluding carboxylic acids is 19. The summed E-state index contributed by atoms with van der Waals surface area (Å²) >= 11 is 0. The Morgan fingerprint density at radius 2 is 0.683 bits per heavy atom. The highest BCUT2D eigenvalue weighted by Gasteiger charge is 2.55. The summed E-state index contributed by atoms with van der Waals surface area (Å²) in [5, 5.41) is 37.3. The SMILES string of the molecule is CC(=O)N[C@H]1[C@H](OCCCCC(=O)NCCCNC(=O)CCNc2nc(N(CCC(=O)NCCCNC(=O)CCCCO[C@@H]3O[C@H](COC(C)=O)[C@H](OC(C)=O)[C@H](OC(C)=O)[C@H]3NC(C)=O)CCC(=O)NCCCNC(=O)CCCCO[C@@H]3O[C@H](COC(C)=O)[C@H](OC(C)=O)[C@H](OC(C)=O)[C@H]3NC(C)=O)nc(N3CCN(C(C=O)CCC(=O)O)CC3)n2)O[C@H](COC(C)=O)[C@H](OC(C)=O)[C@@H]1OC(C)=O. The van der Waals surface area contributed by atoms with Gasteiger partial charge in [0.1, 0.15) is 62.5 Å². The second kappa shape index (κ2) is 63.3. The van der Waals surface area contributed by atoms with E-state index in [-0.39, 0.29) is 192 Å². The van der Waals surface area contributed by atoms with Crippen LogP contribution >= 0.6 is 0 Å². The van der Waals surface area contributed by atoms with Crippen molar-refractivity contribution in [1.29, 1.82) is 0 Å². The van der Waals surface area contributed by atoms with Gasteiger partial charge in [0.25, 0.3) is 0 Å². The lowest BCUT2D eigenvalue weighted by atomic mass is 9.96. The number of hydrogen-bond acceptors (Lipinski definition) is 42. The van der Waals surface area contributed by atoms with E-state index >= 15 is 0 Å². The summed E-state index contributed by atoms with van der Waals surface area (Å²) in [7, 11) is 0. The quantitative estimate of drug-likeness (QED) is 0.0136. The number of amides is 9. The molecule has 1 aromatic rings. The number of anilines is 3. The summed E-state index contributed by atoms with van der Waals surface area (Å²) in [4.78, 5) is 269. The van der Waals surface area contributed by atoms with E-state index in [1.807, 2.05) is 9.80 Å². The second-order valence-corrected chi connectivity index (χ2v) is 32.9. The Balaban J connectivity index is 1.22. The number of carbonyl (C=O) groups is 20. The predicted octanol–water partition coefficient (Wildman–Crippen LogP) is -2.79. The van der Waals surface area contributed by atoms with Crippen molar-refractivity contribution in [2.75, 3.05) is 140 Å². The van der Waals surface area contributed by atoms with E-state index in [1.54, 1.807) is 4.90 Å². The number of rotatable bonds is 62. The lowest BCUT2D eigenvalue weighted by Crippen LogP contribution is -2.66. The minimum absolute atomic E-state index is 0.00387. The Morgan fingerprint density at radius 1 is 0.374 bits per heavy atom. The first-order valence-corrected chi connectivity index (χ1v) is 46.2. The molecular weight excluding hydrogens is 1850 g/mol. The van der Waals surface area contributed by atoms with Crippen LogP contribution in [0, 0.1) is 0 Å². The molecule has 780 valence electrons. The van der Waals surface area contributed by atoms with E-state index in [4.69, 9.17) is 86.0 Å². The molecule has 16 atom stereocenters. The third-order valence-electron chi connectivity index (χ3n) is 21.1. The molecule has 4 saturated heterocycles. The average molecular weight is 1980 g/mol. The summed E-state index contributed by atoms with van der Waals surface area (Å²) < 4.78 is 84.4. The van der Waals surface area contributed by atoms with E-state index in [2.05, 4.69) is 53.2 Å². The second-order valence-electron chi connectivity index (χ2n) is 32.9. The fraction of sp³-hybridized carbons (Fsp3) is 0.736. The number of ether oxygens (including phenoxy) is 15. The largest absolute Gasteiger partial charge is 0.481 e. The highest BCUT2D eigenvalue weighted by atomic mass is 16.7. The Kier molecular flexibility index (Phi) is 53.4. The summed E-state index contributed by atoms with van der Waals surface area (Å²) in [6.45, 7) is 14.1. The van der Waals surface area contributed by atoms with Crippen LogP contribution in [0.1, 0.15) is 192 Å². The number of esters is 9. The van der Waals surface area contributed by atoms with Crippen molar-refractivity contribution in [2.45, 2.75) is 290 Å². The van der Waals surface area contributed by atoms with Crippen molar-refractivity contribution >= 4 is 137 Å². The van der Waals surface area contributed by atoms with Crippen LogP contribution in [0.4, 0.5) is 17.8 Å². The number of nitrogens with zero attached hydrogens (tertiary/aromatic N) is 6. The van der Waals surface area contributed by atoms with Crippen LogP contribution in [0.3, 0.4) is 0 Å². The van der Waals surface area contributed by atoms with Crippen molar-refractivity contribution in [2.24, 2.45) is 0 Å². The van der Waals surface area contributed by atoms with E-state index in [1.165, 1.54) is 20.8 Å². The van der Waals surface area contributed by atoms with Gasteiger partial charge in [-0.1, -0.05) is 0 Å². The molecule has 0 radical (unpaired) electrons. The topological polar surface area (TPSA) is 669 Å². The Hall–Kier alpha value is -12.3. The number of aromatic nitrogens is 3. The molecule has 0 saturated carbocycles. The third kappa shape index (κ3) is 46.4. The molecule has 5 rings (SSSR count). The van der Waals surface area contributed by atoms with Crippen LogP contribution in [-0.4, -0.2) is 367 Å². The molecule has 52 heteroatoms. The zero-order valence-electron chi connectivity index (χ0n) is 80.7. The predicted molar refractivity (Wildman–Crippen MR) is 478 cm³/mol. The molecule has 0 bridgehead atoms.